The van der Waals surface area contributed by atoms with Gasteiger partial charge in [0.1, 0.15) is 10.8 Å². The number of ether oxygens (including phenoxy) is 1. The lowest BCUT2D eigenvalue weighted by atomic mass is 9.80. The number of primary amides is 1. The minimum Gasteiger partial charge on any atom is -0.381 e. The van der Waals surface area contributed by atoms with Crippen LogP contribution in [0.25, 0.3) is 11.3 Å². The summed E-state index contributed by atoms with van der Waals surface area (Å²) in [5, 5.41) is 4.02. The van der Waals surface area contributed by atoms with Crippen LogP contribution < -0.4 is 5.73 Å². The van der Waals surface area contributed by atoms with Crippen molar-refractivity contribution in [3.63, 3.8) is 0 Å². The Morgan fingerprint density at radius 2 is 1.97 bits per heavy atom. The van der Waals surface area contributed by atoms with Gasteiger partial charge in [0.15, 0.2) is 0 Å². The SMILES string of the molecule is NC(=O)C1CC1C1=NC(C(F)(F)F)ON1CC1(c2nc(-c3ccccc3)cs2)CCOCC1. The number of amides is 1. The predicted octanol–water partition coefficient (Wildman–Crippen LogP) is 3.51. The summed E-state index contributed by atoms with van der Waals surface area (Å²) in [6.07, 6.45) is -5.38. The number of nitrogens with two attached hydrogens (primary N) is 1. The number of nitrogens with zero attached hydrogens (tertiary/aromatic N) is 3. The number of halogens is 3. The van der Waals surface area contributed by atoms with Crippen molar-refractivity contribution in [2.45, 2.75) is 37.1 Å². The molecule has 3 atom stereocenters. The molecular formula is C22H23F3N4O3S. The summed E-state index contributed by atoms with van der Waals surface area (Å²) < 4.78 is 45.9. The largest absolute Gasteiger partial charge is 0.437 e. The van der Waals surface area contributed by atoms with Crippen LogP contribution in [0.5, 0.6) is 0 Å². The first-order chi connectivity index (χ1) is 15.8. The molecule has 176 valence electrons. The van der Waals surface area contributed by atoms with Crippen molar-refractivity contribution in [1.29, 1.82) is 0 Å². The zero-order valence-electron chi connectivity index (χ0n) is 17.6. The third-order valence-corrected chi connectivity index (χ3v) is 7.51. The Labute approximate surface area is 192 Å². The molecule has 1 saturated heterocycles. The molecule has 3 aliphatic rings. The second-order valence-electron chi connectivity index (χ2n) is 8.67. The molecule has 3 heterocycles. The van der Waals surface area contributed by atoms with Crippen LogP contribution in [0.15, 0.2) is 40.7 Å². The highest BCUT2D eigenvalue weighted by atomic mass is 32.1. The molecule has 1 saturated carbocycles. The number of hydroxylamine groups is 2. The van der Waals surface area contributed by atoms with Crippen LogP contribution in [0.4, 0.5) is 13.2 Å². The van der Waals surface area contributed by atoms with E-state index in [4.69, 9.17) is 20.3 Å². The lowest BCUT2D eigenvalue weighted by Gasteiger charge is -2.38. The number of benzene rings is 1. The van der Waals surface area contributed by atoms with Crippen molar-refractivity contribution in [1.82, 2.24) is 10.0 Å². The highest BCUT2D eigenvalue weighted by Gasteiger charge is 2.55. The molecule has 2 aliphatic heterocycles. The van der Waals surface area contributed by atoms with E-state index < -0.39 is 35.6 Å². The van der Waals surface area contributed by atoms with Gasteiger partial charge in [0.25, 0.3) is 6.23 Å². The smallest absolute Gasteiger partial charge is 0.381 e. The van der Waals surface area contributed by atoms with E-state index in [-0.39, 0.29) is 12.4 Å². The van der Waals surface area contributed by atoms with E-state index in [1.807, 2.05) is 35.7 Å². The van der Waals surface area contributed by atoms with Gasteiger partial charge in [-0.15, -0.1) is 11.3 Å². The van der Waals surface area contributed by atoms with Crippen molar-refractivity contribution in [2.75, 3.05) is 19.8 Å². The van der Waals surface area contributed by atoms with Crippen LogP contribution in [0.2, 0.25) is 0 Å². The molecule has 0 bridgehead atoms. The number of amidine groups is 1. The summed E-state index contributed by atoms with van der Waals surface area (Å²) in [5.41, 5.74) is 6.61. The molecule has 11 heteroatoms. The molecule has 2 N–H and O–H groups in total. The fourth-order valence-corrected chi connectivity index (χ4v) is 5.53. The molecule has 5 rings (SSSR count). The number of hydrogen-bond acceptors (Lipinski definition) is 7. The van der Waals surface area contributed by atoms with Crippen LogP contribution >= 0.6 is 11.3 Å². The van der Waals surface area contributed by atoms with E-state index in [1.54, 1.807) is 0 Å². The molecule has 2 aromatic rings. The fraction of sp³-hybridized carbons (Fsp3) is 0.500. The standard InChI is InChI=1S/C22H23F3N4O3S/c23-22(24,25)19-28-18(15-10-14(15)17(26)30)29(32-19)12-21(6-8-31-9-7-21)20-27-16(11-33-20)13-4-2-1-3-5-13/h1-5,11,14-15,19H,6-10,12H2,(H2,26,30). The summed E-state index contributed by atoms with van der Waals surface area (Å²) in [4.78, 5) is 25.6. The first-order valence-corrected chi connectivity index (χ1v) is 11.6. The Bertz CT molecular complexity index is 1050. The molecule has 1 aromatic carbocycles. The fourth-order valence-electron chi connectivity index (χ4n) is 4.44. The van der Waals surface area contributed by atoms with Gasteiger partial charge in [-0.05, 0) is 19.3 Å². The van der Waals surface area contributed by atoms with Crippen LogP contribution in [-0.4, -0.2) is 54.0 Å². The van der Waals surface area contributed by atoms with Crippen molar-refractivity contribution < 1.29 is 27.5 Å². The van der Waals surface area contributed by atoms with Crippen molar-refractivity contribution in [3.8, 4) is 11.3 Å². The lowest BCUT2D eigenvalue weighted by Crippen LogP contribution is -2.47. The minimum absolute atomic E-state index is 0.144. The summed E-state index contributed by atoms with van der Waals surface area (Å²) in [5.74, 6) is -1.36. The molecule has 3 unspecified atom stereocenters. The number of aliphatic imine (C=N–C) groups is 1. The Hall–Kier alpha value is -2.50. The van der Waals surface area contributed by atoms with Crippen LogP contribution in [-0.2, 0) is 19.8 Å². The molecular weight excluding hydrogens is 457 g/mol. The molecule has 0 radical (unpaired) electrons. The predicted molar refractivity (Wildman–Crippen MR) is 115 cm³/mol. The van der Waals surface area contributed by atoms with E-state index in [0.717, 1.165) is 16.3 Å². The number of hydrogen-bond donors (Lipinski definition) is 1. The highest BCUT2D eigenvalue weighted by molar-refractivity contribution is 7.10. The summed E-state index contributed by atoms with van der Waals surface area (Å²) in [6.45, 7) is 1.08. The van der Waals surface area contributed by atoms with Crippen LogP contribution in [0.3, 0.4) is 0 Å². The van der Waals surface area contributed by atoms with Gasteiger partial charge in [-0.1, -0.05) is 30.3 Å². The van der Waals surface area contributed by atoms with Gasteiger partial charge in [0.05, 0.1) is 12.2 Å². The van der Waals surface area contributed by atoms with Gasteiger partial charge < -0.3 is 10.5 Å². The molecule has 7 nitrogen and oxygen atoms in total. The van der Waals surface area contributed by atoms with E-state index in [9.17, 15) is 18.0 Å². The first-order valence-electron chi connectivity index (χ1n) is 10.7. The molecule has 1 aliphatic carbocycles. The van der Waals surface area contributed by atoms with Gasteiger partial charge in [0.2, 0.25) is 5.91 Å². The van der Waals surface area contributed by atoms with Gasteiger partial charge >= 0.3 is 6.18 Å². The second-order valence-corrected chi connectivity index (χ2v) is 9.53. The average Bonchev–Trinajstić information content (AvgIpc) is 3.23. The van der Waals surface area contributed by atoms with E-state index in [0.29, 0.717) is 32.5 Å². The zero-order valence-corrected chi connectivity index (χ0v) is 18.4. The first kappa shape index (κ1) is 22.3. The Morgan fingerprint density at radius 3 is 2.61 bits per heavy atom. The quantitative estimate of drug-likeness (QED) is 0.684. The van der Waals surface area contributed by atoms with Crippen LogP contribution in [0, 0.1) is 11.8 Å². The van der Waals surface area contributed by atoms with Crippen LogP contribution in [0.1, 0.15) is 24.3 Å². The number of thiazole rings is 1. The number of carbonyl (C=O) groups excluding carboxylic acids is 1. The molecule has 33 heavy (non-hydrogen) atoms. The maximum Gasteiger partial charge on any atom is 0.437 e. The van der Waals surface area contributed by atoms with E-state index >= 15 is 0 Å². The zero-order chi connectivity index (χ0) is 23.2. The van der Waals surface area contributed by atoms with Gasteiger partial charge in [0, 0.05) is 41.4 Å². The van der Waals surface area contributed by atoms with Gasteiger partial charge in [-0.2, -0.15) is 13.2 Å². The molecule has 0 spiro atoms. The maximum atomic E-state index is 13.5. The van der Waals surface area contributed by atoms with E-state index in [1.165, 1.54) is 16.4 Å². The summed E-state index contributed by atoms with van der Waals surface area (Å²) >= 11 is 1.49. The molecule has 1 aromatic heterocycles. The number of rotatable bonds is 6. The maximum absolute atomic E-state index is 13.5. The minimum atomic E-state index is -4.65. The lowest BCUT2D eigenvalue weighted by molar-refractivity contribution is -0.265. The summed E-state index contributed by atoms with van der Waals surface area (Å²) in [6, 6.07) is 9.73. The third-order valence-electron chi connectivity index (χ3n) is 6.42. The Kier molecular flexibility index (Phi) is 5.66. The van der Waals surface area contributed by atoms with Gasteiger partial charge in [-0.3, -0.25) is 4.79 Å². The second kappa shape index (κ2) is 8.37. The van der Waals surface area contributed by atoms with Gasteiger partial charge in [-0.25, -0.2) is 19.9 Å². The number of alkyl halides is 3. The average molecular weight is 481 g/mol. The number of carbonyl (C=O) groups is 1. The Balaban J connectivity index is 1.44. The highest BCUT2D eigenvalue weighted by Crippen LogP contribution is 2.46. The topological polar surface area (TPSA) is 90.0 Å². The monoisotopic (exact) mass is 480 g/mol. The Morgan fingerprint density at radius 1 is 1.24 bits per heavy atom. The molecule has 1 amide bonds. The van der Waals surface area contributed by atoms with Crippen molar-refractivity contribution in [2.24, 2.45) is 22.6 Å². The normalized spacial score (nSPS) is 26.8. The number of aromatic nitrogens is 1. The summed E-state index contributed by atoms with van der Waals surface area (Å²) in [7, 11) is 0. The molecule has 2 fully saturated rings. The van der Waals surface area contributed by atoms with Crippen molar-refractivity contribution in [3.05, 3.63) is 40.7 Å². The third kappa shape index (κ3) is 4.36. The van der Waals surface area contributed by atoms with Crippen molar-refractivity contribution >= 4 is 23.1 Å². The van der Waals surface area contributed by atoms with E-state index in [2.05, 4.69) is 4.99 Å².